The number of aromatic nitrogens is 1. The number of carbonyl (C=O) groups excluding carboxylic acids is 1. The summed E-state index contributed by atoms with van der Waals surface area (Å²) in [6.07, 6.45) is 4.02. The highest BCUT2D eigenvalue weighted by atomic mass is 35.5. The first kappa shape index (κ1) is 17.6. The summed E-state index contributed by atoms with van der Waals surface area (Å²) in [6.45, 7) is 4.57. The normalized spacial score (nSPS) is 12.4. The molecule has 0 aliphatic rings. The molecular formula is C17H22ClFN2O2. The molecule has 1 aromatic heterocycles. The molecule has 1 unspecified atom stereocenters. The van der Waals surface area contributed by atoms with E-state index in [2.05, 4.69) is 17.2 Å². The zero-order valence-electron chi connectivity index (χ0n) is 13.6. The molecule has 0 radical (unpaired) electrons. The van der Waals surface area contributed by atoms with Crippen LogP contribution in [0.15, 0.2) is 12.3 Å². The molecule has 0 bridgehead atoms. The summed E-state index contributed by atoms with van der Waals surface area (Å²) in [7, 11) is 1.41. The number of methoxy groups -OCH3 is 1. The van der Waals surface area contributed by atoms with Gasteiger partial charge in [0, 0.05) is 30.5 Å². The Kier molecular flexibility index (Phi) is 5.88. The molecule has 0 spiro atoms. The number of ether oxygens (including phenoxy) is 1. The second-order valence-corrected chi connectivity index (χ2v) is 5.91. The Morgan fingerprint density at radius 1 is 1.48 bits per heavy atom. The molecule has 23 heavy (non-hydrogen) atoms. The minimum atomic E-state index is -0.570. The van der Waals surface area contributed by atoms with Gasteiger partial charge in [0.05, 0.1) is 12.6 Å². The molecule has 1 amide bonds. The summed E-state index contributed by atoms with van der Waals surface area (Å²) in [5.74, 6) is -0.282. The third kappa shape index (κ3) is 3.61. The van der Waals surface area contributed by atoms with Crippen molar-refractivity contribution in [3.63, 3.8) is 0 Å². The maximum Gasteiger partial charge on any atom is 0.220 e. The van der Waals surface area contributed by atoms with Gasteiger partial charge in [-0.05, 0) is 24.5 Å². The standard InChI is InChI=1S/C17H22ClFN2O2/c1-4-6-14(22)20-8-10(5-2)12-9-21-17-11(12)7-13(23-3)16(19)15(17)18/h7,9-10,21H,4-6,8H2,1-3H3,(H,20,22). The van der Waals surface area contributed by atoms with Crippen molar-refractivity contribution in [2.45, 2.75) is 39.0 Å². The minimum Gasteiger partial charge on any atom is -0.494 e. The van der Waals surface area contributed by atoms with E-state index in [1.165, 1.54) is 7.11 Å². The van der Waals surface area contributed by atoms with Crippen LogP contribution in [0.1, 0.15) is 44.6 Å². The maximum atomic E-state index is 14.0. The van der Waals surface area contributed by atoms with Gasteiger partial charge in [-0.2, -0.15) is 0 Å². The molecule has 2 aromatic rings. The highest BCUT2D eigenvalue weighted by molar-refractivity contribution is 6.35. The first-order chi connectivity index (χ1) is 11.0. The van der Waals surface area contributed by atoms with Crippen LogP contribution in [0, 0.1) is 5.82 Å². The molecule has 0 saturated carbocycles. The van der Waals surface area contributed by atoms with E-state index in [1.54, 1.807) is 6.07 Å². The fraction of sp³-hybridized carbons (Fsp3) is 0.471. The number of nitrogens with one attached hydrogen (secondary N) is 2. The lowest BCUT2D eigenvalue weighted by atomic mass is 9.95. The van der Waals surface area contributed by atoms with Crippen LogP contribution in [-0.4, -0.2) is 24.5 Å². The third-order valence-corrected chi connectivity index (χ3v) is 4.39. The minimum absolute atomic E-state index is 0.0236. The van der Waals surface area contributed by atoms with Crippen molar-refractivity contribution in [3.8, 4) is 5.75 Å². The number of halogens is 2. The average Bonchev–Trinajstić information content (AvgIpc) is 2.95. The predicted octanol–water partition coefficient (Wildman–Crippen LogP) is 4.38. The molecule has 0 aliphatic carbocycles. The van der Waals surface area contributed by atoms with Crippen LogP contribution in [0.25, 0.3) is 10.9 Å². The molecule has 0 fully saturated rings. The Morgan fingerprint density at radius 3 is 2.83 bits per heavy atom. The van der Waals surface area contributed by atoms with E-state index in [0.29, 0.717) is 18.5 Å². The number of hydrogen-bond donors (Lipinski definition) is 2. The van der Waals surface area contributed by atoms with Gasteiger partial charge >= 0.3 is 0 Å². The van der Waals surface area contributed by atoms with Gasteiger partial charge in [0.1, 0.15) is 5.02 Å². The second kappa shape index (κ2) is 7.68. The zero-order valence-corrected chi connectivity index (χ0v) is 14.4. The lowest BCUT2D eigenvalue weighted by Gasteiger charge is -2.16. The van der Waals surface area contributed by atoms with Crippen LogP contribution in [0.3, 0.4) is 0 Å². The largest absolute Gasteiger partial charge is 0.494 e. The van der Waals surface area contributed by atoms with Crippen molar-refractivity contribution in [1.29, 1.82) is 0 Å². The highest BCUT2D eigenvalue weighted by Gasteiger charge is 2.20. The average molecular weight is 341 g/mol. The number of fused-ring (bicyclic) bond motifs is 1. The first-order valence-electron chi connectivity index (χ1n) is 7.83. The summed E-state index contributed by atoms with van der Waals surface area (Å²) in [5.41, 5.74) is 1.55. The molecule has 1 aromatic carbocycles. The van der Waals surface area contributed by atoms with E-state index in [4.69, 9.17) is 16.3 Å². The van der Waals surface area contributed by atoms with E-state index >= 15 is 0 Å². The maximum absolute atomic E-state index is 14.0. The molecule has 0 aliphatic heterocycles. The number of H-pyrrole nitrogens is 1. The smallest absolute Gasteiger partial charge is 0.220 e. The number of amides is 1. The second-order valence-electron chi connectivity index (χ2n) is 5.53. The van der Waals surface area contributed by atoms with Crippen LogP contribution in [0.5, 0.6) is 5.75 Å². The molecule has 4 nitrogen and oxygen atoms in total. The van der Waals surface area contributed by atoms with Gasteiger partial charge in [-0.15, -0.1) is 0 Å². The molecular weight excluding hydrogens is 319 g/mol. The number of hydrogen-bond acceptors (Lipinski definition) is 2. The van der Waals surface area contributed by atoms with Crippen LogP contribution >= 0.6 is 11.6 Å². The molecule has 1 heterocycles. The fourth-order valence-electron chi connectivity index (χ4n) is 2.71. The Hall–Kier alpha value is -1.75. The van der Waals surface area contributed by atoms with E-state index < -0.39 is 5.82 Å². The van der Waals surface area contributed by atoms with Crippen molar-refractivity contribution < 1.29 is 13.9 Å². The molecule has 2 N–H and O–H groups in total. The summed E-state index contributed by atoms with van der Waals surface area (Å²) < 4.78 is 19.1. The fourth-order valence-corrected chi connectivity index (χ4v) is 2.96. The summed E-state index contributed by atoms with van der Waals surface area (Å²) in [4.78, 5) is 14.7. The number of aromatic amines is 1. The SMILES string of the molecule is CCCC(=O)NCC(CC)c1c[nH]c2c(Cl)c(F)c(OC)cc12. The topological polar surface area (TPSA) is 54.1 Å². The molecule has 126 valence electrons. The van der Waals surface area contributed by atoms with Gasteiger partial charge in [0.2, 0.25) is 5.91 Å². The van der Waals surface area contributed by atoms with Gasteiger partial charge in [-0.25, -0.2) is 4.39 Å². The van der Waals surface area contributed by atoms with Crippen molar-refractivity contribution >= 4 is 28.4 Å². The Balaban J connectivity index is 2.34. The summed E-state index contributed by atoms with van der Waals surface area (Å²) in [5, 5.41) is 3.80. The molecule has 6 heteroatoms. The lowest BCUT2D eigenvalue weighted by Crippen LogP contribution is -2.27. The van der Waals surface area contributed by atoms with Crippen molar-refractivity contribution in [2.75, 3.05) is 13.7 Å². The Labute approximate surface area is 140 Å². The summed E-state index contributed by atoms with van der Waals surface area (Å²) >= 11 is 6.08. The molecule has 2 rings (SSSR count). The zero-order chi connectivity index (χ0) is 17.0. The Morgan fingerprint density at radius 2 is 2.22 bits per heavy atom. The van der Waals surface area contributed by atoms with Crippen LogP contribution < -0.4 is 10.1 Å². The van der Waals surface area contributed by atoms with Crippen LogP contribution in [0.4, 0.5) is 4.39 Å². The highest BCUT2D eigenvalue weighted by Crippen LogP contribution is 2.37. The number of benzene rings is 1. The van der Waals surface area contributed by atoms with Gasteiger partial charge in [-0.3, -0.25) is 4.79 Å². The van der Waals surface area contributed by atoms with Crippen molar-refractivity contribution in [3.05, 3.63) is 28.7 Å². The first-order valence-corrected chi connectivity index (χ1v) is 8.20. The monoisotopic (exact) mass is 340 g/mol. The van der Waals surface area contributed by atoms with Gasteiger partial charge in [0.25, 0.3) is 0 Å². The molecule has 1 atom stereocenters. The van der Waals surface area contributed by atoms with Crippen molar-refractivity contribution in [2.24, 2.45) is 0 Å². The van der Waals surface area contributed by atoms with Gasteiger partial charge in [-0.1, -0.05) is 25.4 Å². The summed E-state index contributed by atoms with van der Waals surface area (Å²) in [6, 6.07) is 1.65. The van der Waals surface area contributed by atoms with Crippen LogP contribution in [-0.2, 0) is 4.79 Å². The van der Waals surface area contributed by atoms with E-state index in [1.807, 2.05) is 13.1 Å². The number of carbonyl (C=O) groups is 1. The van der Waals surface area contributed by atoms with Crippen molar-refractivity contribution in [1.82, 2.24) is 10.3 Å². The number of rotatable bonds is 7. The van der Waals surface area contributed by atoms with E-state index in [0.717, 1.165) is 23.8 Å². The van der Waals surface area contributed by atoms with E-state index in [-0.39, 0.29) is 22.6 Å². The predicted molar refractivity (Wildman–Crippen MR) is 90.8 cm³/mol. The van der Waals surface area contributed by atoms with Gasteiger partial charge < -0.3 is 15.0 Å². The Bertz CT molecular complexity index is 699. The molecule has 0 saturated heterocycles. The van der Waals surface area contributed by atoms with E-state index in [9.17, 15) is 9.18 Å². The lowest BCUT2D eigenvalue weighted by molar-refractivity contribution is -0.121. The third-order valence-electron chi connectivity index (χ3n) is 4.03. The quantitative estimate of drug-likeness (QED) is 0.786. The van der Waals surface area contributed by atoms with Crippen LogP contribution in [0.2, 0.25) is 5.02 Å². The van der Waals surface area contributed by atoms with Gasteiger partial charge in [0.15, 0.2) is 11.6 Å².